The van der Waals surface area contributed by atoms with Crippen LogP contribution in [0.2, 0.25) is 5.02 Å². The third-order valence-electron chi connectivity index (χ3n) is 3.26. The standard InChI is InChI=1S/C16H14ClNO2/c17-12-6-4-11(5-7-12)10-15(19)13-2-1-3-14-16(13)20-9-8-18-14/h1-7,18H,8-10H2. The Hall–Kier alpha value is -2.00. The summed E-state index contributed by atoms with van der Waals surface area (Å²) in [6.45, 7) is 1.35. The summed E-state index contributed by atoms with van der Waals surface area (Å²) in [6, 6.07) is 12.9. The Balaban J connectivity index is 1.85. The molecule has 0 atom stereocenters. The van der Waals surface area contributed by atoms with Gasteiger partial charge in [0.25, 0.3) is 0 Å². The first-order chi connectivity index (χ1) is 9.74. The van der Waals surface area contributed by atoms with Gasteiger partial charge in [-0.2, -0.15) is 0 Å². The van der Waals surface area contributed by atoms with Crippen LogP contribution >= 0.6 is 11.6 Å². The van der Waals surface area contributed by atoms with E-state index in [9.17, 15) is 4.79 Å². The molecule has 0 unspecified atom stereocenters. The second kappa shape index (κ2) is 5.55. The SMILES string of the molecule is O=C(Cc1ccc(Cl)cc1)c1cccc2c1OCCN2. The molecule has 3 rings (SSSR count). The molecule has 0 bridgehead atoms. The maximum Gasteiger partial charge on any atom is 0.171 e. The normalized spacial score (nSPS) is 13.1. The van der Waals surface area contributed by atoms with Crippen molar-refractivity contribution in [3.63, 3.8) is 0 Å². The number of anilines is 1. The molecule has 0 amide bonds. The molecule has 1 aliphatic rings. The molecule has 0 aliphatic carbocycles. The molecule has 4 heteroatoms. The van der Waals surface area contributed by atoms with Crippen molar-refractivity contribution in [1.29, 1.82) is 0 Å². The van der Waals surface area contributed by atoms with Crippen molar-refractivity contribution in [2.45, 2.75) is 6.42 Å². The molecule has 3 nitrogen and oxygen atoms in total. The quantitative estimate of drug-likeness (QED) is 0.877. The van der Waals surface area contributed by atoms with Crippen molar-refractivity contribution in [2.75, 3.05) is 18.5 Å². The average Bonchev–Trinajstić information content (AvgIpc) is 2.49. The molecule has 0 spiro atoms. The molecule has 1 aliphatic heterocycles. The van der Waals surface area contributed by atoms with Crippen LogP contribution in [0, 0.1) is 0 Å². The van der Waals surface area contributed by atoms with E-state index in [2.05, 4.69) is 5.32 Å². The summed E-state index contributed by atoms with van der Waals surface area (Å²) in [4.78, 5) is 12.4. The van der Waals surface area contributed by atoms with Gasteiger partial charge < -0.3 is 10.1 Å². The van der Waals surface area contributed by atoms with Gasteiger partial charge in [0.15, 0.2) is 11.5 Å². The van der Waals surface area contributed by atoms with Crippen LogP contribution in [0.1, 0.15) is 15.9 Å². The summed E-state index contributed by atoms with van der Waals surface area (Å²) >= 11 is 5.85. The number of rotatable bonds is 3. The van der Waals surface area contributed by atoms with E-state index in [4.69, 9.17) is 16.3 Å². The first-order valence-corrected chi connectivity index (χ1v) is 6.89. The number of hydrogen-bond acceptors (Lipinski definition) is 3. The van der Waals surface area contributed by atoms with Crippen LogP contribution in [-0.4, -0.2) is 18.9 Å². The van der Waals surface area contributed by atoms with Gasteiger partial charge in [-0.3, -0.25) is 4.79 Å². The van der Waals surface area contributed by atoms with Crippen LogP contribution in [0.5, 0.6) is 5.75 Å². The topological polar surface area (TPSA) is 38.3 Å². The molecule has 102 valence electrons. The molecule has 0 saturated carbocycles. The van der Waals surface area contributed by atoms with E-state index in [0.717, 1.165) is 17.8 Å². The highest BCUT2D eigenvalue weighted by molar-refractivity contribution is 6.30. The van der Waals surface area contributed by atoms with Crippen molar-refractivity contribution in [3.8, 4) is 5.75 Å². The van der Waals surface area contributed by atoms with Gasteiger partial charge in [-0.25, -0.2) is 0 Å². The maximum atomic E-state index is 12.4. The Labute approximate surface area is 122 Å². The summed E-state index contributed by atoms with van der Waals surface area (Å²) in [7, 11) is 0. The second-order valence-corrected chi connectivity index (χ2v) is 5.12. The Morgan fingerprint density at radius 1 is 1.20 bits per heavy atom. The van der Waals surface area contributed by atoms with Gasteiger partial charge in [0.05, 0.1) is 11.3 Å². The Bertz CT molecular complexity index is 637. The second-order valence-electron chi connectivity index (χ2n) is 4.68. The van der Waals surface area contributed by atoms with Crippen LogP contribution < -0.4 is 10.1 Å². The fraction of sp³-hybridized carbons (Fsp3) is 0.188. The summed E-state index contributed by atoms with van der Waals surface area (Å²) in [5, 5.41) is 3.91. The number of carbonyl (C=O) groups excluding carboxylic acids is 1. The zero-order valence-corrected chi connectivity index (χ0v) is 11.6. The predicted molar refractivity (Wildman–Crippen MR) is 79.9 cm³/mol. The molecule has 0 radical (unpaired) electrons. The molecular weight excluding hydrogens is 274 g/mol. The highest BCUT2D eigenvalue weighted by Crippen LogP contribution is 2.32. The zero-order valence-electron chi connectivity index (χ0n) is 10.9. The molecule has 20 heavy (non-hydrogen) atoms. The van der Waals surface area contributed by atoms with Crippen LogP contribution in [0.25, 0.3) is 0 Å². The van der Waals surface area contributed by atoms with E-state index in [1.165, 1.54) is 0 Å². The molecule has 1 N–H and O–H groups in total. The van der Waals surface area contributed by atoms with Crippen LogP contribution in [0.4, 0.5) is 5.69 Å². The minimum atomic E-state index is 0.0490. The van der Waals surface area contributed by atoms with Gasteiger partial charge in [-0.1, -0.05) is 29.8 Å². The summed E-state index contributed by atoms with van der Waals surface area (Å²) in [5.41, 5.74) is 2.46. The van der Waals surface area contributed by atoms with E-state index in [0.29, 0.717) is 29.4 Å². The highest BCUT2D eigenvalue weighted by atomic mass is 35.5. The number of Topliss-reactive ketones (excluding diaryl/α,β-unsaturated/α-hetero) is 1. The first kappa shape index (κ1) is 13.0. The van der Waals surface area contributed by atoms with Gasteiger partial charge in [0.2, 0.25) is 0 Å². The summed E-state index contributed by atoms with van der Waals surface area (Å²) < 4.78 is 5.63. The monoisotopic (exact) mass is 287 g/mol. The fourth-order valence-electron chi connectivity index (χ4n) is 2.27. The van der Waals surface area contributed by atoms with E-state index >= 15 is 0 Å². The van der Waals surface area contributed by atoms with Crippen molar-refractivity contribution < 1.29 is 9.53 Å². The zero-order chi connectivity index (χ0) is 13.9. The summed E-state index contributed by atoms with van der Waals surface area (Å²) in [6.07, 6.45) is 0.344. The van der Waals surface area contributed by atoms with Gasteiger partial charge in [-0.15, -0.1) is 0 Å². The van der Waals surface area contributed by atoms with Gasteiger partial charge in [0, 0.05) is 18.0 Å². The minimum absolute atomic E-state index is 0.0490. The van der Waals surface area contributed by atoms with Gasteiger partial charge in [0.1, 0.15) is 6.61 Å². The number of hydrogen-bond donors (Lipinski definition) is 1. The van der Waals surface area contributed by atoms with Crippen LogP contribution in [-0.2, 0) is 6.42 Å². The fourth-order valence-corrected chi connectivity index (χ4v) is 2.40. The maximum absolute atomic E-state index is 12.4. The number of benzene rings is 2. The number of carbonyl (C=O) groups is 1. The number of para-hydroxylation sites is 1. The largest absolute Gasteiger partial charge is 0.489 e. The lowest BCUT2D eigenvalue weighted by Crippen LogP contribution is -2.20. The third kappa shape index (κ3) is 2.63. The van der Waals surface area contributed by atoms with Crippen molar-refractivity contribution in [1.82, 2.24) is 0 Å². The predicted octanol–water partition coefficient (Wildman–Crippen LogP) is 3.57. The van der Waals surface area contributed by atoms with E-state index in [1.54, 1.807) is 12.1 Å². The Kier molecular flexibility index (Phi) is 3.61. The van der Waals surface area contributed by atoms with E-state index in [-0.39, 0.29) is 5.78 Å². The first-order valence-electron chi connectivity index (χ1n) is 6.51. The van der Waals surface area contributed by atoms with E-state index in [1.807, 2.05) is 30.3 Å². The van der Waals surface area contributed by atoms with Crippen molar-refractivity contribution in [3.05, 3.63) is 58.6 Å². The number of nitrogens with one attached hydrogen (secondary N) is 1. The molecule has 0 aromatic heterocycles. The van der Waals surface area contributed by atoms with Crippen LogP contribution in [0.15, 0.2) is 42.5 Å². The van der Waals surface area contributed by atoms with Crippen molar-refractivity contribution >= 4 is 23.1 Å². The number of halogens is 1. The minimum Gasteiger partial charge on any atom is -0.489 e. The number of ether oxygens (including phenoxy) is 1. The molecular formula is C16H14ClNO2. The molecule has 2 aromatic rings. The van der Waals surface area contributed by atoms with Gasteiger partial charge in [-0.05, 0) is 29.8 Å². The Morgan fingerprint density at radius 2 is 2.00 bits per heavy atom. The smallest absolute Gasteiger partial charge is 0.171 e. The number of fused-ring (bicyclic) bond motifs is 1. The highest BCUT2D eigenvalue weighted by Gasteiger charge is 2.18. The lowest BCUT2D eigenvalue weighted by atomic mass is 10.0. The molecule has 0 fully saturated rings. The Morgan fingerprint density at radius 3 is 2.80 bits per heavy atom. The lowest BCUT2D eigenvalue weighted by molar-refractivity contribution is 0.0989. The lowest BCUT2D eigenvalue weighted by Gasteiger charge is -2.21. The average molecular weight is 288 g/mol. The summed E-state index contributed by atoms with van der Waals surface area (Å²) in [5.74, 6) is 0.714. The van der Waals surface area contributed by atoms with Crippen LogP contribution in [0.3, 0.4) is 0 Å². The van der Waals surface area contributed by atoms with Crippen molar-refractivity contribution in [2.24, 2.45) is 0 Å². The molecule has 0 saturated heterocycles. The third-order valence-corrected chi connectivity index (χ3v) is 3.51. The van der Waals surface area contributed by atoms with E-state index < -0.39 is 0 Å². The number of ketones is 1. The molecule has 1 heterocycles. The van der Waals surface area contributed by atoms with Gasteiger partial charge >= 0.3 is 0 Å². The molecule has 2 aromatic carbocycles.